The molecule has 0 aromatic rings. The lowest BCUT2D eigenvalue weighted by Gasteiger charge is -2.29. The lowest BCUT2D eigenvalue weighted by Crippen LogP contribution is -2.38. The van der Waals surface area contributed by atoms with E-state index in [-0.39, 0.29) is 0 Å². The summed E-state index contributed by atoms with van der Waals surface area (Å²) in [6.07, 6.45) is 6.77. The predicted molar refractivity (Wildman–Crippen MR) is 74.4 cm³/mol. The lowest BCUT2D eigenvalue weighted by molar-refractivity contribution is -0.133. The quantitative estimate of drug-likeness (QED) is 0.833. The summed E-state index contributed by atoms with van der Waals surface area (Å²) in [6.45, 7) is 7.74. The fourth-order valence-corrected chi connectivity index (χ4v) is 3.44. The Hall–Kier alpha value is -0.570. The molecular weight excluding hydrogens is 224 g/mol. The Morgan fingerprint density at radius 1 is 1.28 bits per heavy atom. The highest BCUT2D eigenvalue weighted by molar-refractivity contribution is 5.76. The molecule has 0 aliphatic carbocycles. The van der Waals surface area contributed by atoms with Crippen LogP contribution < -0.4 is 5.32 Å². The van der Waals surface area contributed by atoms with Crippen LogP contribution in [-0.4, -0.2) is 36.5 Å². The number of hydrogen-bond donors (Lipinski definition) is 1. The van der Waals surface area contributed by atoms with Gasteiger partial charge in [0.2, 0.25) is 5.91 Å². The standard InChI is InChI=1S/C15H28N2O/c1-12(2)14-4-3-11-17(14)15(18)6-5-13-7-9-16-10-8-13/h12-14,16H,3-11H2,1-2H3. The zero-order valence-electron chi connectivity index (χ0n) is 12.0. The second-order valence-corrected chi connectivity index (χ2v) is 6.27. The van der Waals surface area contributed by atoms with Crippen LogP contribution in [0.1, 0.15) is 52.4 Å². The number of hydrogen-bond acceptors (Lipinski definition) is 2. The molecular formula is C15H28N2O. The van der Waals surface area contributed by atoms with Crippen molar-refractivity contribution in [3.05, 3.63) is 0 Å². The molecule has 18 heavy (non-hydrogen) atoms. The van der Waals surface area contributed by atoms with E-state index in [1.54, 1.807) is 0 Å². The largest absolute Gasteiger partial charge is 0.339 e. The van der Waals surface area contributed by atoms with Crippen LogP contribution in [0.15, 0.2) is 0 Å². The number of rotatable bonds is 4. The minimum absolute atomic E-state index is 0.407. The van der Waals surface area contributed by atoms with E-state index >= 15 is 0 Å². The van der Waals surface area contributed by atoms with Gasteiger partial charge in [0, 0.05) is 19.0 Å². The molecule has 0 spiro atoms. The van der Waals surface area contributed by atoms with Gasteiger partial charge in [0.05, 0.1) is 0 Å². The molecule has 3 heteroatoms. The van der Waals surface area contributed by atoms with Gasteiger partial charge in [-0.3, -0.25) is 4.79 Å². The second kappa shape index (κ2) is 6.55. The van der Waals surface area contributed by atoms with Crippen molar-refractivity contribution in [2.24, 2.45) is 11.8 Å². The van der Waals surface area contributed by atoms with E-state index < -0.39 is 0 Å². The van der Waals surface area contributed by atoms with E-state index in [4.69, 9.17) is 0 Å². The molecule has 2 fully saturated rings. The molecule has 0 bridgehead atoms. The molecule has 2 aliphatic rings. The summed E-state index contributed by atoms with van der Waals surface area (Å²) in [7, 11) is 0. The Bertz CT molecular complexity index is 272. The van der Waals surface area contributed by atoms with Crippen molar-refractivity contribution >= 4 is 5.91 Å². The molecule has 1 atom stereocenters. The molecule has 104 valence electrons. The summed E-state index contributed by atoms with van der Waals surface area (Å²) < 4.78 is 0. The molecule has 0 saturated carbocycles. The van der Waals surface area contributed by atoms with Gasteiger partial charge in [0.25, 0.3) is 0 Å². The van der Waals surface area contributed by atoms with Gasteiger partial charge in [0.1, 0.15) is 0 Å². The maximum atomic E-state index is 12.3. The molecule has 3 nitrogen and oxygen atoms in total. The molecule has 0 aromatic carbocycles. The van der Waals surface area contributed by atoms with E-state index in [9.17, 15) is 4.79 Å². The smallest absolute Gasteiger partial charge is 0.222 e. The van der Waals surface area contributed by atoms with Crippen molar-refractivity contribution in [2.75, 3.05) is 19.6 Å². The first-order valence-electron chi connectivity index (χ1n) is 7.68. The van der Waals surface area contributed by atoms with Gasteiger partial charge in [-0.25, -0.2) is 0 Å². The van der Waals surface area contributed by atoms with Crippen LogP contribution in [-0.2, 0) is 4.79 Å². The molecule has 2 heterocycles. The number of nitrogens with zero attached hydrogens (tertiary/aromatic N) is 1. The number of likely N-dealkylation sites (tertiary alicyclic amines) is 1. The summed E-state index contributed by atoms with van der Waals surface area (Å²) in [6, 6.07) is 0.505. The first kappa shape index (κ1) is 13.9. The SMILES string of the molecule is CC(C)C1CCCN1C(=O)CCC1CCNCC1. The van der Waals surface area contributed by atoms with Crippen LogP contribution in [0.25, 0.3) is 0 Å². The minimum Gasteiger partial charge on any atom is -0.339 e. The Kier molecular flexibility index (Phi) is 5.04. The third kappa shape index (κ3) is 3.47. The van der Waals surface area contributed by atoms with Gasteiger partial charge in [-0.15, -0.1) is 0 Å². The van der Waals surface area contributed by atoms with Crippen LogP contribution >= 0.6 is 0 Å². The average Bonchev–Trinajstić information content (AvgIpc) is 2.86. The number of piperidine rings is 1. The topological polar surface area (TPSA) is 32.3 Å². The van der Waals surface area contributed by atoms with E-state index in [0.29, 0.717) is 17.9 Å². The third-order valence-electron chi connectivity index (χ3n) is 4.61. The van der Waals surface area contributed by atoms with Gasteiger partial charge < -0.3 is 10.2 Å². The van der Waals surface area contributed by atoms with Gasteiger partial charge in [-0.05, 0) is 57.0 Å². The number of carbonyl (C=O) groups excluding carboxylic acids is 1. The number of amides is 1. The fourth-order valence-electron chi connectivity index (χ4n) is 3.44. The predicted octanol–water partition coefficient (Wildman–Crippen LogP) is 2.41. The molecule has 1 amide bonds. The molecule has 1 N–H and O–H groups in total. The minimum atomic E-state index is 0.407. The Labute approximate surface area is 111 Å². The highest BCUT2D eigenvalue weighted by Crippen LogP contribution is 2.26. The first-order valence-corrected chi connectivity index (χ1v) is 7.68. The van der Waals surface area contributed by atoms with Crippen LogP contribution in [0.4, 0.5) is 0 Å². The molecule has 0 aromatic heterocycles. The normalized spacial score (nSPS) is 25.9. The molecule has 1 unspecified atom stereocenters. The van der Waals surface area contributed by atoms with Crippen LogP contribution in [0.2, 0.25) is 0 Å². The Morgan fingerprint density at radius 2 is 2.00 bits per heavy atom. The molecule has 2 rings (SSSR count). The number of carbonyl (C=O) groups is 1. The average molecular weight is 252 g/mol. The van der Waals surface area contributed by atoms with Gasteiger partial charge in [-0.1, -0.05) is 13.8 Å². The van der Waals surface area contributed by atoms with Crippen molar-refractivity contribution in [2.45, 2.75) is 58.4 Å². The summed E-state index contributed by atoms with van der Waals surface area (Å²) in [5.74, 6) is 1.79. The van der Waals surface area contributed by atoms with E-state index in [1.165, 1.54) is 25.7 Å². The lowest BCUT2D eigenvalue weighted by atomic mass is 9.93. The Morgan fingerprint density at radius 3 is 2.67 bits per heavy atom. The van der Waals surface area contributed by atoms with Crippen LogP contribution in [0.5, 0.6) is 0 Å². The summed E-state index contributed by atoms with van der Waals surface area (Å²) in [5.41, 5.74) is 0. The maximum Gasteiger partial charge on any atom is 0.222 e. The van der Waals surface area contributed by atoms with Crippen LogP contribution in [0, 0.1) is 11.8 Å². The van der Waals surface area contributed by atoms with Crippen LogP contribution in [0.3, 0.4) is 0 Å². The zero-order chi connectivity index (χ0) is 13.0. The summed E-state index contributed by atoms with van der Waals surface area (Å²) >= 11 is 0. The molecule has 2 saturated heterocycles. The van der Waals surface area contributed by atoms with Crippen molar-refractivity contribution in [1.82, 2.24) is 10.2 Å². The zero-order valence-corrected chi connectivity index (χ0v) is 12.0. The maximum absolute atomic E-state index is 12.3. The Balaban J connectivity index is 1.76. The monoisotopic (exact) mass is 252 g/mol. The number of nitrogens with one attached hydrogen (secondary N) is 1. The van der Waals surface area contributed by atoms with Gasteiger partial charge >= 0.3 is 0 Å². The van der Waals surface area contributed by atoms with E-state index in [0.717, 1.165) is 38.4 Å². The van der Waals surface area contributed by atoms with Gasteiger partial charge in [-0.2, -0.15) is 0 Å². The van der Waals surface area contributed by atoms with Gasteiger partial charge in [0.15, 0.2) is 0 Å². The summed E-state index contributed by atoms with van der Waals surface area (Å²) in [5, 5.41) is 3.38. The second-order valence-electron chi connectivity index (χ2n) is 6.27. The highest BCUT2D eigenvalue weighted by atomic mass is 16.2. The first-order chi connectivity index (χ1) is 8.68. The van der Waals surface area contributed by atoms with Crippen molar-refractivity contribution in [3.63, 3.8) is 0 Å². The van der Waals surface area contributed by atoms with Crippen molar-refractivity contribution < 1.29 is 4.79 Å². The van der Waals surface area contributed by atoms with E-state index in [2.05, 4.69) is 24.1 Å². The van der Waals surface area contributed by atoms with E-state index in [1.807, 2.05) is 0 Å². The van der Waals surface area contributed by atoms with Crippen molar-refractivity contribution in [1.29, 1.82) is 0 Å². The highest BCUT2D eigenvalue weighted by Gasteiger charge is 2.30. The molecule has 0 radical (unpaired) electrons. The fraction of sp³-hybridized carbons (Fsp3) is 0.933. The van der Waals surface area contributed by atoms with Crippen molar-refractivity contribution in [3.8, 4) is 0 Å². The third-order valence-corrected chi connectivity index (χ3v) is 4.61. The molecule has 2 aliphatic heterocycles. The summed E-state index contributed by atoms with van der Waals surface area (Å²) in [4.78, 5) is 14.5.